The van der Waals surface area contributed by atoms with Gasteiger partial charge >= 0.3 is 0 Å². The lowest BCUT2D eigenvalue weighted by Crippen LogP contribution is -2.41. The second kappa shape index (κ2) is 10.3. The molecule has 0 unspecified atom stereocenters. The molecule has 1 heterocycles. The number of carbonyl (C=O) groups is 1. The van der Waals surface area contributed by atoms with Crippen LogP contribution in [0.2, 0.25) is 0 Å². The second-order valence-electron chi connectivity index (χ2n) is 8.68. The van der Waals surface area contributed by atoms with Crippen LogP contribution in [-0.2, 0) is 21.2 Å². The molecule has 178 valence electrons. The molecule has 4 rings (SSSR count). The fourth-order valence-electron chi connectivity index (χ4n) is 4.30. The Bertz CT molecular complexity index is 1260. The summed E-state index contributed by atoms with van der Waals surface area (Å²) in [6, 6.07) is 22.3. The molecule has 0 saturated heterocycles. The molecular formula is C27H31N3O3S. The number of nitrogens with zero attached hydrogens (tertiary/aromatic N) is 2. The van der Waals surface area contributed by atoms with Crippen molar-refractivity contribution in [3.05, 3.63) is 89.5 Å². The van der Waals surface area contributed by atoms with E-state index in [9.17, 15) is 13.2 Å². The minimum Gasteiger partial charge on any atom is -0.371 e. The normalized spacial score (nSPS) is 12.9. The van der Waals surface area contributed by atoms with Crippen LogP contribution in [0.1, 0.15) is 23.1 Å². The van der Waals surface area contributed by atoms with E-state index < -0.39 is 10.0 Å². The van der Waals surface area contributed by atoms with Crippen molar-refractivity contribution in [3.63, 3.8) is 0 Å². The van der Waals surface area contributed by atoms with Crippen molar-refractivity contribution in [2.45, 2.75) is 31.6 Å². The summed E-state index contributed by atoms with van der Waals surface area (Å²) in [7, 11) is -3.90. The van der Waals surface area contributed by atoms with Crippen molar-refractivity contribution >= 4 is 27.3 Å². The number of hydrogen-bond acceptors (Lipinski definition) is 4. The van der Waals surface area contributed by atoms with Gasteiger partial charge in [0, 0.05) is 25.3 Å². The predicted molar refractivity (Wildman–Crippen MR) is 137 cm³/mol. The molecule has 0 fully saturated rings. The molecule has 34 heavy (non-hydrogen) atoms. The van der Waals surface area contributed by atoms with Gasteiger partial charge in [-0.25, -0.2) is 8.42 Å². The summed E-state index contributed by atoms with van der Waals surface area (Å²) in [4.78, 5) is 15.3. The number of aryl methyl sites for hydroxylation is 2. The van der Waals surface area contributed by atoms with Crippen LogP contribution in [0.3, 0.4) is 0 Å². The fraction of sp³-hybridized carbons (Fsp3) is 0.296. The van der Waals surface area contributed by atoms with Crippen molar-refractivity contribution in [1.82, 2.24) is 5.32 Å². The third kappa shape index (κ3) is 5.25. The average molecular weight is 478 g/mol. The lowest BCUT2D eigenvalue weighted by molar-refractivity contribution is -0.119. The third-order valence-electron chi connectivity index (χ3n) is 6.19. The van der Waals surface area contributed by atoms with Gasteiger partial charge in [-0.2, -0.15) is 0 Å². The number of hydrogen-bond donors (Lipinski definition) is 1. The fourth-order valence-corrected chi connectivity index (χ4v) is 5.79. The summed E-state index contributed by atoms with van der Waals surface area (Å²) in [6.45, 7) is 5.81. The molecule has 0 aromatic heterocycles. The van der Waals surface area contributed by atoms with Crippen molar-refractivity contribution in [2.75, 3.05) is 35.4 Å². The van der Waals surface area contributed by atoms with Gasteiger partial charge in [-0.1, -0.05) is 54.1 Å². The number of rotatable bonds is 9. The number of nitrogens with one attached hydrogen (secondary N) is 1. The van der Waals surface area contributed by atoms with Crippen LogP contribution in [0.5, 0.6) is 0 Å². The van der Waals surface area contributed by atoms with Crippen LogP contribution in [0, 0.1) is 13.8 Å². The minimum absolute atomic E-state index is 0.168. The molecule has 0 bridgehead atoms. The van der Waals surface area contributed by atoms with Gasteiger partial charge in [-0.15, -0.1) is 0 Å². The number of carbonyl (C=O) groups excluding carboxylic acids is 1. The first-order valence-electron chi connectivity index (χ1n) is 11.6. The van der Waals surface area contributed by atoms with Gasteiger partial charge in [0.05, 0.1) is 10.6 Å². The van der Waals surface area contributed by atoms with Gasteiger partial charge in [0.1, 0.15) is 6.54 Å². The monoisotopic (exact) mass is 477 g/mol. The van der Waals surface area contributed by atoms with Gasteiger partial charge in [0.25, 0.3) is 10.0 Å². The number of para-hydroxylation sites is 2. The largest absolute Gasteiger partial charge is 0.371 e. The van der Waals surface area contributed by atoms with Crippen molar-refractivity contribution in [2.24, 2.45) is 0 Å². The maximum atomic E-state index is 13.5. The lowest BCUT2D eigenvalue weighted by Gasteiger charge is -2.26. The maximum absolute atomic E-state index is 13.5. The Morgan fingerprint density at radius 1 is 0.971 bits per heavy atom. The van der Waals surface area contributed by atoms with E-state index in [0.717, 1.165) is 37.1 Å². The van der Waals surface area contributed by atoms with Crippen LogP contribution in [0.15, 0.2) is 77.7 Å². The molecule has 0 aliphatic carbocycles. The number of benzene rings is 3. The minimum atomic E-state index is -3.90. The summed E-state index contributed by atoms with van der Waals surface area (Å²) in [5.74, 6) is -0.319. The van der Waals surface area contributed by atoms with Gasteiger partial charge in [-0.3, -0.25) is 9.10 Å². The molecule has 1 aliphatic rings. The van der Waals surface area contributed by atoms with E-state index in [0.29, 0.717) is 12.2 Å². The molecule has 6 nitrogen and oxygen atoms in total. The summed E-state index contributed by atoms with van der Waals surface area (Å²) in [6.07, 6.45) is 1.83. The zero-order valence-electron chi connectivity index (χ0n) is 19.7. The van der Waals surface area contributed by atoms with E-state index in [2.05, 4.69) is 28.4 Å². The first-order chi connectivity index (χ1) is 16.4. The summed E-state index contributed by atoms with van der Waals surface area (Å²) in [5, 5.41) is 2.91. The number of fused-ring (bicyclic) bond motifs is 1. The highest BCUT2D eigenvalue weighted by atomic mass is 32.2. The predicted octanol–water partition coefficient (Wildman–Crippen LogP) is 4.07. The van der Waals surface area contributed by atoms with Gasteiger partial charge < -0.3 is 10.2 Å². The number of sulfonamides is 1. The van der Waals surface area contributed by atoms with E-state index in [4.69, 9.17) is 0 Å². The van der Waals surface area contributed by atoms with Crippen molar-refractivity contribution in [1.29, 1.82) is 0 Å². The molecule has 3 aromatic carbocycles. The Morgan fingerprint density at radius 3 is 2.44 bits per heavy atom. The Hall–Kier alpha value is -3.32. The molecule has 1 N–H and O–H groups in total. The second-order valence-corrected chi connectivity index (χ2v) is 10.5. The quantitative estimate of drug-likeness (QED) is 0.472. The standard InChI is InChI=1S/C27H31N3O3S/c1-21-12-14-24(15-13-21)34(32,33)30(25-10-5-3-8-22(25)2)20-27(31)28-17-7-18-29-19-16-23-9-4-6-11-26(23)29/h3-6,8-15H,7,16-20H2,1-2H3,(H,28,31). The highest BCUT2D eigenvalue weighted by Crippen LogP contribution is 2.28. The molecule has 1 aliphatic heterocycles. The molecule has 3 aromatic rings. The number of amides is 1. The lowest BCUT2D eigenvalue weighted by atomic mass is 10.2. The summed E-state index contributed by atoms with van der Waals surface area (Å²) >= 11 is 0. The highest BCUT2D eigenvalue weighted by Gasteiger charge is 2.28. The van der Waals surface area contributed by atoms with Crippen LogP contribution in [0.25, 0.3) is 0 Å². The van der Waals surface area contributed by atoms with Crippen molar-refractivity contribution < 1.29 is 13.2 Å². The maximum Gasteiger partial charge on any atom is 0.264 e. The Balaban J connectivity index is 1.42. The Morgan fingerprint density at radius 2 is 1.68 bits per heavy atom. The number of anilines is 2. The van der Waals surface area contributed by atoms with E-state index in [1.807, 2.05) is 32.0 Å². The molecule has 1 amide bonds. The van der Waals surface area contributed by atoms with Crippen LogP contribution in [-0.4, -0.2) is 40.5 Å². The summed E-state index contributed by atoms with van der Waals surface area (Å²) < 4.78 is 28.2. The average Bonchev–Trinajstić information content (AvgIpc) is 3.24. The van der Waals surface area contributed by atoms with E-state index in [1.54, 1.807) is 36.4 Å². The van der Waals surface area contributed by atoms with Crippen LogP contribution in [0.4, 0.5) is 11.4 Å². The molecular weight excluding hydrogens is 446 g/mol. The third-order valence-corrected chi connectivity index (χ3v) is 7.96. The topological polar surface area (TPSA) is 69.7 Å². The first-order valence-corrected chi connectivity index (χ1v) is 13.0. The van der Waals surface area contributed by atoms with Crippen LogP contribution >= 0.6 is 0 Å². The Kier molecular flexibility index (Phi) is 7.22. The van der Waals surface area contributed by atoms with Gasteiger partial charge in [0.15, 0.2) is 0 Å². The molecule has 0 spiro atoms. The first kappa shape index (κ1) is 23.8. The van der Waals surface area contributed by atoms with Crippen LogP contribution < -0.4 is 14.5 Å². The highest BCUT2D eigenvalue weighted by molar-refractivity contribution is 7.92. The SMILES string of the molecule is Cc1ccc(S(=O)(=O)N(CC(=O)NCCCN2CCc3ccccc32)c2ccccc2C)cc1. The molecule has 0 atom stereocenters. The molecule has 7 heteroatoms. The van der Waals surface area contributed by atoms with E-state index in [-0.39, 0.29) is 17.3 Å². The van der Waals surface area contributed by atoms with Crippen molar-refractivity contribution in [3.8, 4) is 0 Å². The summed E-state index contributed by atoms with van der Waals surface area (Å²) in [5.41, 5.74) is 4.90. The van der Waals surface area contributed by atoms with E-state index in [1.165, 1.54) is 15.6 Å². The molecule has 0 radical (unpaired) electrons. The molecule has 0 saturated carbocycles. The van der Waals surface area contributed by atoms with Gasteiger partial charge in [-0.05, 0) is 62.1 Å². The zero-order chi connectivity index (χ0) is 24.1. The zero-order valence-corrected chi connectivity index (χ0v) is 20.5. The van der Waals surface area contributed by atoms with E-state index >= 15 is 0 Å². The Labute approximate surface area is 202 Å². The smallest absolute Gasteiger partial charge is 0.264 e. The van der Waals surface area contributed by atoms with Gasteiger partial charge in [0.2, 0.25) is 5.91 Å².